The second-order valence-corrected chi connectivity index (χ2v) is 6.73. The number of aryl methyl sites for hydroxylation is 1. The summed E-state index contributed by atoms with van der Waals surface area (Å²) < 4.78 is 0. The van der Waals surface area contributed by atoms with Gasteiger partial charge in [0.25, 0.3) is 0 Å². The van der Waals surface area contributed by atoms with Crippen molar-refractivity contribution >= 4 is 23.2 Å². The molecule has 0 radical (unpaired) electrons. The highest BCUT2D eigenvalue weighted by Gasteiger charge is 2.25. The number of benzene rings is 1. The molecule has 138 valence electrons. The van der Waals surface area contributed by atoms with E-state index in [-0.39, 0.29) is 17.7 Å². The van der Waals surface area contributed by atoms with Gasteiger partial charge in [-0.3, -0.25) is 9.59 Å². The number of anilines is 2. The maximum Gasteiger partial charge on any atom is 0.223 e. The van der Waals surface area contributed by atoms with Crippen molar-refractivity contribution in [1.82, 2.24) is 5.32 Å². The summed E-state index contributed by atoms with van der Waals surface area (Å²) in [4.78, 5) is 28.1. The molecule has 0 atom stereocenters. The fraction of sp³-hybridized carbons (Fsp3) is 0.600. The fourth-order valence-electron chi connectivity index (χ4n) is 3.28. The monoisotopic (exact) mass is 345 g/mol. The third-order valence-electron chi connectivity index (χ3n) is 5.09. The van der Waals surface area contributed by atoms with Crippen molar-refractivity contribution in [2.75, 3.05) is 36.0 Å². The topological polar surface area (TPSA) is 52.6 Å². The summed E-state index contributed by atoms with van der Waals surface area (Å²) >= 11 is 0. The van der Waals surface area contributed by atoms with Gasteiger partial charge in [-0.25, -0.2) is 0 Å². The van der Waals surface area contributed by atoms with E-state index in [1.165, 1.54) is 5.69 Å². The molecule has 0 spiro atoms. The maximum absolute atomic E-state index is 12.1. The van der Waals surface area contributed by atoms with Gasteiger partial charge >= 0.3 is 0 Å². The minimum Gasteiger partial charge on any atom is -0.372 e. The van der Waals surface area contributed by atoms with Crippen LogP contribution in [0.25, 0.3) is 0 Å². The van der Waals surface area contributed by atoms with Crippen LogP contribution in [0.5, 0.6) is 0 Å². The van der Waals surface area contributed by atoms with E-state index in [1.807, 2.05) is 13.0 Å². The number of amides is 2. The molecule has 0 heterocycles. The SMILES string of the molecule is CCN(CC)c1ccc(N(CCNC(=O)C2CCC2)C(C)=O)c(C)c1. The zero-order valence-electron chi connectivity index (χ0n) is 16.0. The Morgan fingerprint density at radius 3 is 2.36 bits per heavy atom. The first-order valence-electron chi connectivity index (χ1n) is 9.39. The van der Waals surface area contributed by atoms with Crippen molar-refractivity contribution in [2.24, 2.45) is 5.92 Å². The third kappa shape index (κ3) is 4.74. The molecular formula is C20H31N3O2. The first-order chi connectivity index (χ1) is 12.0. The van der Waals surface area contributed by atoms with Crippen LogP contribution in [-0.2, 0) is 9.59 Å². The lowest BCUT2D eigenvalue weighted by Crippen LogP contribution is -2.41. The average Bonchev–Trinajstić information content (AvgIpc) is 2.51. The lowest BCUT2D eigenvalue weighted by molar-refractivity contribution is -0.127. The Morgan fingerprint density at radius 2 is 1.88 bits per heavy atom. The summed E-state index contributed by atoms with van der Waals surface area (Å²) in [5.74, 6) is 0.306. The quantitative estimate of drug-likeness (QED) is 0.788. The van der Waals surface area contributed by atoms with E-state index in [1.54, 1.807) is 11.8 Å². The van der Waals surface area contributed by atoms with Crippen LogP contribution >= 0.6 is 0 Å². The molecule has 25 heavy (non-hydrogen) atoms. The van der Waals surface area contributed by atoms with Crippen LogP contribution < -0.4 is 15.1 Å². The highest BCUT2D eigenvalue weighted by molar-refractivity contribution is 5.92. The Bertz CT molecular complexity index is 607. The van der Waals surface area contributed by atoms with Gasteiger partial charge in [0, 0.05) is 50.4 Å². The number of nitrogens with one attached hydrogen (secondary N) is 1. The van der Waals surface area contributed by atoms with Gasteiger partial charge in [0.2, 0.25) is 11.8 Å². The highest BCUT2D eigenvalue weighted by Crippen LogP contribution is 2.27. The van der Waals surface area contributed by atoms with Gasteiger partial charge in [0.15, 0.2) is 0 Å². The number of rotatable bonds is 8. The van der Waals surface area contributed by atoms with Crippen molar-refractivity contribution in [2.45, 2.75) is 47.0 Å². The summed E-state index contributed by atoms with van der Waals surface area (Å²) in [6, 6.07) is 6.21. The summed E-state index contributed by atoms with van der Waals surface area (Å²) in [7, 11) is 0. The molecule has 0 aliphatic heterocycles. The van der Waals surface area contributed by atoms with E-state index in [4.69, 9.17) is 0 Å². The number of hydrogen-bond acceptors (Lipinski definition) is 3. The van der Waals surface area contributed by atoms with Gasteiger partial charge in [0.1, 0.15) is 0 Å². The Balaban J connectivity index is 2.03. The number of carbonyl (C=O) groups excluding carboxylic acids is 2. The van der Waals surface area contributed by atoms with Crippen LogP contribution in [-0.4, -0.2) is 38.0 Å². The van der Waals surface area contributed by atoms with E-state index >= 15 is 0 Å². The van der Waals surface area contributed by atoms with E-state index in [9.17, 15) is 9.59 Å². The third-order valence-corrected chi connectivity index (χ3v) is 5.09. The van der Waals surface area contributed by atoms with Crippen molar-refractivity contribution in [1.29, 1.82) is 0 Å². The van der Waals surface area contributed by atoms with Crippen molar-refractivity contribution in [3.63, 3.8) is 0 Å². The standard InChI is InChI=1S/C20H31N3O2/c1-5-22(6-2)18-10-11-19(15(3)14-18)23(16(4)24)13-12-21-20(25)17-8-7-9-17/h10-11,14,17H,5-9,12-13H2,1-4H3,(H,21,25). The predicted octanol–water partition coefficient (Wildman–Crippen LogP) is 3.11. The molecule has 0 unspecified atom stereocenters. The van der Waals surface area contributed by atoms with Gasteiger partial charge in [-0.05, 0) is 57.4 Å². The molecule has 2 rings (SSSR count). The molecule has 1 N–H and O–H groups in total. The van der Waals surface area contributed by atoms with Gasteiger partial charge in [-0.1, -0.05) is 6.42 Å². The molecule has 0 aromatic heterocycles. The van der Waals surface area contributed by atoms with E-state index in [0.717, 1.165) is 43.6 Å². The second kappa shape index (κ2) is 8.88. The van der Waals surface area contributed by atoms with Gasteiger partial charge < -0.3 is 15.1 Å². The minimum atomic E-state index is -0.00316. The molecule has 2 amide bonds. The normalized spacial score (nSPS) is 13.9. The largest absolute Gasteiger partial charge is 0.372 e. The second-order valence-electron chi connectivity index (χ2n) is 6.73. The molecule has 1 aliphatic rings. The molecule has 1 aliphatic carbocycles. The molecule has 1 aromatic rings. The Hall–Kier alpha value is -2.04. The lowest BCUT2D eigenvalue weighted by Gasteiger charge is -2.27. The van der Waals surface area contributed by atoms with Crippen LogP contribution in [0.2, 0.25) is 0 Å². The number of nitrogens with zero attached hydrogens (tertiary/aromatic N) is 2. The molecular weight excluding hydrogens is 314 g/mol. The van der Waals surface area contributed by atoms with Gasteiger partial charge in [-0.15, -0.1) is 0 Å². The Labute approximate surface area is 151 Å². The molecule has 5 heteroatoms. The summed E-state index contributed by atoms with van der Waals surface area (Å²) in [5, 5.41) is 2.97. The maximum atomic E-state index is 12.1. The van der Waals surface area contributed by atoms with Gasteiger partial charge in [0.05, 0.1) is 0 Å². The first-order valence-corrected chi connectivity index (χ1v) is 9.39. The predicted molar refractivity (Wildman–Crippen MR) is 103 cm³/mol. The zero-order valence-corrected chi connectivity index (χ0v) is 16.0. The average molecular weight is 345 g/mol. The van der Waals surface area contributed by atoms with Crippen LogP contribution in [0.1, 0.15) is 45.6 Å². The van der Waals surface area contributed by atoms with Crippen molar-refractivity contribution in [3.05, 3.63) is 23.8 Å². The van der Waals surface area contributed by atoms with Crippen LogP contribution in [0.4, 0.5) is 11.4 Å². The fourth-order valence-corrected chi connectivity index (χ4v) is 3.28. The Kier molecular flexibility index (Phi) is 6.85. The van der Waals surface area contributed by atoms with Crippen molar-refractivity contribution < 1.29 is 9.59 Å². The smallest absolute Gasteiger partial charge is 0.223 e. The van der Waals surface area contributed by atoms with Crippen molar-refractivity contribution in [3.8, 4) is 0 Å². The van der Waals surface area contributed by atoms with Crippen LogP contribution in [0.15, 0.2) is 18.2 Å². The van der Waals surface area contributed by atoms with Crippen LogP contribution in [0.3, 0.4) is 0 Å². The molecule has 5 nitrogen and oxygen atoms in total. The zero-order chi connectivity index (χ0) is 18.4. The molecule has 0 saturated heterocycles. The molecule has 1 saturated carbocycles. The highest BCUT2D eigenvalue weighted by atomic mass is 16.2. The lowest BCUT2D eigenvalue weighted by atomic mass is 9.85. The summed E-state index contributed by atoms with van der Waals surface area (Å²) in [5.41, 5.74) is 3.17. The summed E-state index contributed by atoms with van der Waals surface area (Å²) in [6.45, 7) is 10.8. The number of carbonyl (C=O) groups is 2. The Morgan fingerprint density at radius 1 is 1.20 bits per heavy atom. The van der Waals surface area contributed by atoms with E-state index in [0.29, 0.717) is 13.1 Å². The van der Waals surface area contributed by atoms with Gasteiger partial charge in [-0.2, -0.15) is 0 Å². The minimum absolute atomic E-state index is 0.00316. The molecule has 1 aromatic carbocycles. The molecule has 0 bridgehead atoms. The first kappa shape index (κ1) is 19.3. The number of hydrogen-bond donors (Lipinski definition) is 1. The molecule has 1 fully saturated rings. The van der Waals surface area contributed by atoms with E-state index in [2.05, 4.69) is 36.2 Å². The van der Waals surface area contributed by atoms with Crippen LogP contribution in [0, 0.1) is 12.8 Å². The summed E-state index contributed by atoms with van der Waals surface area (Å²) in [6.07, 6.45) is 3.14. The van der Waals surface area contributed by atoms with E-state index < -0.39 is 0 Å².